The molecule has 2 N–H and O–H groups in total. The van der Waals surface area contributed by atoms with Crippen molar-refractivity contribution in [3.63, 3.8) is 0 Å². The van der Waals surface area contributed by atoms with Crippen LogP contribution in [0.5, 0.6) is 0 Å². The van der Waals surface area contributed by atoms with Crippen LogP contribution in [0.4, 0.5) is 5.82 Å². The number of hydrogen-bond donors (Lipinski definition) is 1. The van der Waals surface area contributed by atoms with Gasteiger partial charge >= 0.3 is 0 Å². The molecule has 2 rings (SSSR count). The molecule has 1 aromatic rings. The lowest BCUT2D eigenvalue weighted by Crippen LogP contribution is -2.28. The molecule has 1 amide bonds. The molecule has 0 aliphatic carbocycles. The number of nitrogen functional groups attached to an aromatic ring is 1. The van der Waals surface area contributed by atoms with Crippen LogP contribution in [0.25, 0.3) is 0 Å². The van der Waals surface area contributed by atoms with E-state index in [0.29, 0.717) is 17.3 Å². The summed E-state index contributed by atoms with van der Waals surface area (Å²) in [4.78, 5) is 18.0. The minimum atomic E-state index is 0.0797. The summed E-state index contributed by atoms with van der Waals surface area (Å²) in [7, 11) is 0. The van der Waals surface area contributed by atoms with Gasteiger partial charge < -0.3 is 10.6 Å². The number of anilines is 1. The van der Waals surface area contributed by atoms with Crippen molar-refractivity contribution in [2.24, 2.45) is 5.92 Å². The Labute approximate surface area is 102 Å². The second-order valence-electron chi connectivity index (χ2n) is 4.67. The van der Waals surface area contributed by atoms with E-state index in [1.54, 1.807) is 18.3 Å². The first-order valence-corrected chi connectivity index (χ1v) is 6.21. The van der Waals surface area contributed by atoms with Crippen LogP contribution in [0.2, 0.25) is 0 Å². The van der Waals surface area contributed by atoms with Gasteiger partial charge in [0.25, 0.3) is 5.91 Å². The second kappa shape index (κ2) is 5.17. The third-order valence-electron chi connectivity index (χ3n) is 3.30. The summed E-state index contributed by atoms with van der Waals surface area (Å²) < 4.78 is 0. The van der Waals surface area contributed by atoms with Crippen LogP contribution in [-0.4, -0.2) is 28.9 Å². The number of likely N-dealkylation sites (tertiary alicyclic amines) is 1. The van der Waals surface area contributed by atoms with Crippen molar-refractivity contribution < 1.29 is 4.79 Å². The Balaban J connectivity index is 1.99. The van der Waals surface area contributed by atoms with Crippen LogP contribution < -0.4 is 5.73 Å². The highest BCUT2D eigenvalue weighted by atomic mass is 16.2. The van der Waals surface area contributed by atoms with Crippen LogP contribution in [0.1, 0.15) is 36.5 Å². The fraction of sp³-hybridized carbons (Fsp3) is 0.538. The topological polar surface area (TPSA) is 59.2 Å². The number of hydrogen-bond acceptors (Lipinski definition) is 3. The smallest absolute Gasteiger partial charge is 0.255 e. The lowest BCUT2D eigenvalue weighted by atomic mass is 10.0. The Morgan fingerprint density at radius 3 is 3.06 bits per heavy atom. The number of pyridine rings is 1. The number of carbonyl (C=O) groups is 1. The van der Waals surface area contributed by atoms with Crippen LogP contribution in [0.15, 0.2) is 18.3 Å². The van der Waals surface area contributed by atoms with Crippen molar-refractivity contribution in [2.75, 3.05) is 18.8 Å². The van der Waals surface area contributed by atoms with E-state index in [9.17, 15) is 4.79 Å². The molecule has 0 saturated carbocycles. The quantitative estimate of drug-likeness (QED) is 0.867. The molecule has 92 valence electrons. The van der Waals surface area contributed by atoms with Gasteiger partial charge in [-0.2, -0.15) is 0 Å². The Hall–Kier alpha value is -1.58. The number of carbonyl (C=O) groups excluding carboxylic acids is 1. The van der Waals surface area contributed by atoms with Gasteiger partial charge in [-0.3, -0.25) is 4.79 Å². The molecule has 0 bridgehead atoms. The number of rotatable bonds is 3. The highest BCUT2D eigenvalue weighted by molar-refractivity contribution is 5.94. The molecule has 2 heterocycles. The predicted octanol–water partition coefficient (Wildman–Crippen LogP) is 1.93. The molecule has 4 heteroatoms. The largest absolute Gasteiger partial charge is 0.384 e. The Bertz CT molecular complexity index is 388. The van der Waals surface area contributed by atoms with E-state index >= 15 is 0 Å². The monoisotopic (exact) mass is 233 g/mol. The van der Waals surface area contributed by atoms with E-state index in [4.69, 9.17) is 5.73 Å². The molecule has 0 spiro atoms. The van der Waals surface area contributed by atoms with Gasteiger partial charge in [0.1, 0.15) is 5.82 Å². The second-order valence-corrected chi connectivity index (χ2v) is 4.67. The van der Waals surface area contributed by atoms with E-state index < -0.39 is 0 Å². The summed E-state index contributed by atoms with van der Waals surface area (Å²) in [5.41, 5.74) is 6.14. The van der Waals surface area contributed by atoms with Crippen molar-refractivity contribution >= 4 is 11.7 Å². The summed E-state index contributed by atoms with van der Waals surface area (Å²) in [6.45, 7) is 3.94. The molecule has 4 nitrogen and oxygen atoms in total. The Morgan fingerprint density at radius 2 is 2.41 bits per heavy atom. The van der Waals surface area contributed by atoms with Gasteiger partial charge in [0.15, 0.2) is 0 Å². The van der Waals surface area contributed by atoms with E-state index in [0.717, 1.165) is 19.5 Å². The molecule has 1 unspecified atom stereocenters. The Kier molecular flexibility index (Phi) is 3.61. The third-order valence-corrected chi connectivity index (χ3v) is 3.30. The first-order valence-electron chi connectivity index (χ1n) is 6.21. The Morgan fingerprint density at radius 1 is 1.59 bits per heavy atom. The van der Waals surface area contributed by atoms with Crippen molar-refractivity contribution in [3.8, 4) is 0 Å². The maximum Gasteiger partial charge on any atom is 0.255 e. The lowest BCUT2D eigenvalue weighted by Gasteiger charge is -2.16. The highest BCUT2D eigenvalue weighted by Crippen LogP contribution is 2.22. The maximum atomic E-state index is 12.2. The average molecular weight is 233 g/mol. The van der Waals surface area contributed by atoms with E-state index in [1.807, 2.05) is 4.90 Å². The summed E-state index contributed by atoms with van der Waals surface area (Å²) >= 11 is 0. The van der Waals surface area contributed by atoms with Crippen molar-refractivity contribution in [3.05, 3.63) is 23.9 Å². The van der Waals surface area contributed by atoms with Crippen molar-refractivity contribution in [1.29, 1.82) is 0 Å². The molecular weight excluding hydrogens is 214 g/mol. The molecule has 0 aromatic carbocycles. The number of aromatic nitrogens is 1. The zero-order chi connectivity index (χ0) is 12.3. The molecule has 0 radical (unpaired) electrons. The first kappa shape index (κ1) is 11.9. The molecule has 1 atom stereocenters. The minimum Gasteiger partial charge on any atom is -0.384 e. The van der Waals surface area contributed by atoms with Crippen LogP contribution in [0, 0.1) is 5.92 Å². The van der Waals surface area contributed by atoms with Gasteiger partial charge in [-0.25, -0.2) is 4.98 Å². The normalized spacial score (nSPS) is 19.6. The van der Waals surface area contributed by atoms with Crippen molar-refractivity contribution in [1.82, 2.24) is 9.88 Å². The summed E-state index contributed by atoms with van der Waals surface area (Å²) in [6, 6.07) is 3.42. The van der Waals surface area contributed by atoms with E-state index in [-0.39, 0.29) is 5.91 Å². The summed E-state index contributed by atoms with van der Waals surface area (Å²) in [5.74, 6) is 1.20. The minimum absolute atomic E-state index is 0.0797. The first-order chi connectivity index (χ1) is 8.20. The number of amides is 1. The van der Waals surface area contributed by atoms with Gasteiger partial charge in [-0.05, 0) is 30.9 Å². The molecule has 1 aliphatic rings. The maximum absolute atomic E-state index is 12.2. The SMILES string of the molecule is CCCC1CCN(C(=O)c2ccc(N)nc2)C1. The van der Waals surface area contributed by atoms with Crippen molar-refractivity contribution in [2.45, 2.75) is 26.2 Å². The molecule has 1 aromatic heterocycles. The molecule has 1 aliphatic heterocycles. The zero-order valence-electron chi connectivity index (χ0n) is 10.2. The van der Waals surface area contributed by atoms with Crippen LogP contribution in [0.3, 0.4) is 0 Å². The van der Waals surface area contributed by atoms with E-state index in [2.05, 4.69) is 11.9 Å². The lowest BCUT2D eigenvalue weighted by molar-refractivity contribution is 0.0786. The zero-order valence-corrected chi connectivity index (χ0v) is 10.2. The van der Waals surface area contributed by atoms with Gasteiger partial charge in [0.05, 0.1) is 5.56 Å². The van der Waals surface area contributed by atoms with E-state index in [1.165, 1.54) is 12.8 Å². The van der Waals surface area contributed by atoms with Gasteiger partial charge in [0.2, 0.25) is 0 Å². The molecule has 1 fully saturated rings. The fourth-order valence-electron chi connectivity index (χ4n) is 2.38. The standard InChI is InChI=1S/C13H19N3O/c1-2-3-10-6-7-16(9-10)13(17)11-4-5-12(14)15-8-11/h4-5,8,10H,2-3,6-7,9H2,1H3,(H2,14,15). The van der Waals surface area contributed by atoms with Gasteiger partial charge in [0, 0.05) is 19.3 Å². The fourth-order valence-corrected chi connectivity index (χ4v) is 2.38. The summed E-state index contributed by atoms with van der Waals surface area (Å²) in [5, 5.41) is 0. The average Bonchev–Trinajstić information content (AvgIpc) is 2.78. The number of nitrogens with two attached hydrogens (primary N) is 1. The highest BCUT2D eigenvalue weighted by Gasteiger charge is 2.26. The molecule has 17 heavy (non-hydrogen) atoms. The predicted molar refractivity (Wildman–Crippen MR) is 67.6 cm³/mol. The molecule has 1 saturated heterocycles. The van der Waals surface area contributed by atoms with Crippen LogP contribution >= 0.6 is 0 Å². The summed E-state index contributed by atoms with van der Waals surface area (Å²) in [6.07, 6.45) is 5.09. The number of nitrogens with zero attached hydrogens (tertiary/aromatic N) is 2. The van der Waals surface area contributed by atoms with Crippen LogP contribution in [-0.2, 0) is 0 Å². The molecular formula is C13H19N3O. The van der Waals surface area contributed by atoms with Gasteiger partial charge in [-0.15, -0.1) is 0 Å². The van der Waals surface area contributed by atoms with Gasteiger partial charge in [-0.1, -0.05) is 13.3 Å². The third kappa shape index (κ3) is 2.75.